The minimum Gasteiger partial charge on any atom is -0.369 e. The van der Waals surface area contributed by atoms with Gasteiger partial charge in [-0.25, -0.2) is 14.4 Å². The molecule has 0 aliphatic carbocycles. The average molecular weight is 505 g/mol. The summed E-state index contributed by atoms with van der Waals surface area (Å²) in [4.78, 5) is 26.2. The van der Waals surface area contributed by atoms with Crippen LogP contribution in [0.25, 0.3) is 10.9 Å². The Morgan fingerprint density at radius 2 is 1.75 bits per heavy atom. The molecule has 4 aromatic rings. The van der Waals surface area contributed by atoms with Gasteiger partial charge in [0.25, 0.3) is 5.91 Å². The molecule has 1 fully saturated rings. The van der Waals surface area contributed by atoms with Crippen LogP contribution in [0.15, 0.2) is 73.1 Å². The maximum atomic E-state index is 13.4. The van der Waals surface area contributed by atoms with Crippen LogP contribution in [-0.4, -0.2) is 60.0 Å². The first-order chi connectivity index (χ1) is 17.6. The van der Waals surface area contributed by atoms with Crippen LogP contribution in [0.5, 0.6) is 0 Å². The number of para-hydroxylation sites is 2. The van der Waals surface area contributed by atoms with Crippen LogP contribution in [0, 0.1) is 5.82 Å². The summed E-state index contributed by atoms with van der Waals surface area (Å²) in [5.41, 5.74) is 3.00. The fraction of sp³-hybridized carbons (Fsp3) is 0.222. The normalized spacial score (nSPS) is 14.1. The Hall–Kier alpha value is -3.75. The van der Waals surface area contributed by atoms with Gasteiger partial charge in [-0.2, -0.15) is 0 Å². The maximum Gasteiger partial charge on any atom is 0.253 e. The van der Waals surface area contributed by atoms with Crippen LogP contribution >= 0.6 is 11.6 Å². The van der Waals surface area contributed by atoms with Crippen molar-refractivity contribution in [2.45, 2.75) is 0 Å². The Labute approximate surface area is 213 Å². The number of amides is 1. The molecule has 1 aromatic heterocycles. The van der Waals surface area contributed by atoms with Crippen molar-refractivity contribution in [1.82, 2.24) is 20.2 Å². The number of fused-ring (bicyclic) bond motifs is 1. The predicted molar refractivity (Wildman–Crippen MR) is 142 cm³/mol. The van der Waals surface area contributed by atoms with Gasteiger partial charge in [0.2, 0.25) is 0 Å². The molecule has 1 saturated heterocycles. The van der Waals surface area contributed by atoms with Gasteiger partial charge in [-0.05, 0) is 42.5 Å². The Balaban J connectivity index is 1.16. The number of aromatic nitrogens is 2. The van der Waals surface area contributed by atoms with Gasteiger partial charge < -0.3 is 15.5 Å². The second kappa shape index (κ2) is 10.9. The number of nitrogens with zero attached hydrogens (tertiary/aromatic N) is 4. The molecule has 184 valence electrons. The largest absolute Gasteiger partial charge is 0.369 e. The molecule has 0 atom stereocenters. The maximum absolute atomic E-state index is 13.4. The van der Waals surface area contributed by atoms with Gasteiger partial charge in [0, 0.05) is 50.3 Å². The quantitative estimate of drug-likeness (QED) is 0.379. The number of carbonyl (C=O) groups excluding carboxylic acids is 1. The second-order valence-corrected chi connectivity index (χ2v) is 9.00. The summed E-state index contributed by atoms with van der Waals surface area (Å²) in [6, 6.07) is 20.0. The molecule has 1 aliphatic rings. The summed E-state index contributed by atoms with van der Waals surface area (Å²) < 4.78 is 13.4. The standard InChI is InChI=1S/C27H26ClFN6O/c28-22-17-19(9-10-23(22)29)35-15-13-34(14-16-35)12-11-30-27(36)21-6-2-4-8-25(21)33-26-20-5-1-3-7-24(20)31-18-32-26/h1-10,17-18H,11-16H2,(H,30,36)(H,31,32,33). The molecule has 7 nitrogen and oxygen atoms in total. The molecule has 1 aliphatic heterocycles. The third-order valence-electron chi connectivity index (χ3n) is 6.32. The van der Waals surface area contributed by atoms with Gasteiger partial charge in [0.1, 0.15) is 18.0 Å². The highest BCUT2D eigenvalue weighted by molar-refractivity contribution is 6.31. The van der Waals surface area contributed by atoms with E-state index in [-0.39, 0.29) is 10.9 Å². The van der Waals surface area contributed by atoms with E-state index in [0.717, 1.165) is 49.3 Å². The molecule has 0 saturated carbocycles. The van der Waals surface area contributed by atoms with Crippen molar-refractivity contribution in [3.63, 3.8) is 0 Å². The topological polar surface area (TPSA) is 73.4 Å². The molecule has 0 bridgehead atoms. The van der Waals surface area contributed by atoms with Gasteiger partial charge in [-0.1, -0.05) is 35.9 Å². The minimum atomic E-state index is -0.406. The van der Waals surface area contributed by atoms with Gasteiger partial charge >= 0.3 is 0 Å². The number of rotatable bonds is 7. The van der Waals surface area contributed by atoms with E-state index in [1.54, 1.807) is 18.2 Å². The molecule has 36 heavy (non-hydrogen) atoms. The number of hydrogen-bond acceptors (Lipinski definition) is 6. The average Bonchev–Trinajstić information content (AvgIpc) is 2.91. The molecule has 5 rings (SSSR count). The Kier molecular flexibility index (Phi) is 7.25. The molecular weight excluding hydrogens is 479 g/mol. The number of anilines is 3. The van der Waals surface area contributed by atoms with Crippen LogP contribution in [-0.2, 0) is 0 Å². The third-order valence-corrected chi connectivity index (χ3v) is 6.61. The number of hydrogen-bond donors (Lipinski definition) is 2. The van der Waals surface area contributed by atoms with Crippen LogP contribution in [0.2, 0.25) is 5.02 Å². The summed E-state index contributed by atoms with van der Waals surface area (Å²) in [7, 11) is 0. The van der Waals surface area contributed by atoms with E-state index in [1.807, 2.05) is 42.5 Å². The van der Waals surface area contributed by atoms with Gasteiger partial charge in [-0.15, -0.1) is 0 Å². The molecular formula is C27H26ClFN6O. The summed E-state index contributed by atoms with van der Waals surface area (Å²) in [5.74, 6) is 0.106. The molecule has 0 radical (unpaired) electrons. The summed E-state index contributed by atoms with van der Waals surface area (Å²) >= 11 is 5.93. The van der Waals surface area contributed by atoms with Gasteiger partial charge in [0.15, 0.2) is 0 Å². The van der Waals surface area contributed by atoms with E-state index in [2.05, 4.69) is 30.4 Å². The lowest BCUT2D eigenvalue weighted by Gasteiger charge is -2.36. The van der Waals surface area contributed by atoms with Crippen LogP contribution in [0.1, 0.15) is 10.4 Å². The van der Waals surface area contributed by atoms with E-state index >= 15 is 0 Å². The number of benzene rings is 3. The zero-order valence-corrected chi connectivity index (χ0v) is 20.4. The highest BCUT2D eigenvalue weighted by Gasteiger charge is 2.18. The molecule has 9 heteroatoms. The summed E-state index contributed by atoms with van der Waals surface area (Å²) in [5, 5.41) is 7.37. The number of nitrogens with one attached hydrogen (secondary N) is 2. The first kappa shape index (κ1) is 24.0. The Morgan fingerprint density at radius 1 is 0.972 bits per heavy atom. The van der Waals surface area contributed by atoms with E-state index in [1.165, 1.54) is 12.4 Å². The lowest BCUT2D eigenvalue weighted by atomic mass is 10.1. The SMILES string of the molecule is O=C(NCCN1CCN(c2ccc(F)c(Cl)c2)CC1)c1ccccc1Nc1ncnc2ccccc12. The van der Waals surface area contributed by atoms with Crippen LogP contribution in [0.3, 0.4) is 0 Å². The van der Waals surface area contributed by atoms with E-state index in [4.69, 9.17) is 11.6 Å². The third kappa shape index (κ3) is 5.40. The fourth-order valence-electron chi connectivity index (χ4n) is 4.36. The van der Waals surface area contributed by atoms with Crippen molar-refractivity contribution in [3.05, 3.63) is 89.5 Å². The van der Waals surface area contributed by atoms with Gasteiger partial charge in [0.05, 0.1) is 21.8 Å². The highest BCUT2D eigenvalue weighted by Crippen LogP contribution is 2.25. The zero-order chi connectivity index (χ0) is 24.9. The Bertz CT molecular complexity index is 1370. The molecule has 2 N–H and O–H groups in total. The highest BCUT2D eigenvalue weighted by atomic mass is 35.5. The fourth-order valence-corrected chi connectivity index (χ4v) is 4.53. The van der Waals surface area contributed by atoms with E-state index in [0.29, 0.717) is 23.6 Å². The first-order valence-corrected chi connectivity index (χ1v) is 12.2. The zero-order valence-electron chi connectivity index (χ0n) is 19.6. The van der Waals surface area contributed by atoms with Crippen molar-refractivity contribution in [3.8, 4) is 0 Å². The van der Waals surface area contributed by atoms with Crippen LogP contribution < -0.4 is 15.5 Å². The monoisotopic (exact) mass is 504 g/mol. The lowest BCUT2D eigenvalue weighted by molar-refractivity contribution is 0.0948. The molecule has 0 unspecified atom stereocenters. The Morgan fingerprint density at radius 3 is 2.58 bits per heavy atom. The molecule has 3 aromatic carbocycles. The van der Waals surface area contributed by atoms with E-state index < -0.39 is 5.82 Å². The minimum absolute atomic E-state index is 0.139. The summed E-state index contributed by atoms with van der Waals surface area (Å²) in [6.07, 6.45) is 1.51. The molecule has 1 amide bonds. The first-order valence-electron chi connectivity index (χ1n) is 11.8. The van der Waals surface area contributed by atoms with Crippen molar-refractivity contribution in [2.24, 2.45) is 0 Å². The predicted octanol–water partition coefficient (Wildman–Crippen LogP) is 4.72. The second-order valence-electron chi connectivity index (χ2n) is 8.59. The van der Waals surface area contributed by atoms with Crippen molar-refractivity contribution >= 4 is 45.6 Å². The lowest BCUT2D eigenvalue weighted by Crippen LogP contribution is -2.48. The number of carbonyl (C=O) groups is 1. The number of piperazine rings is 1. The van der Waals surface area contributed by atoms with Crippen molar-refractivity contribution in [1.29, 1.82) is 0 Å². The van der Waals surface area contributed by atoms with E-state index in [9.17, 15) is 9.18 Å². The van der Waals surface area contributed by atoms with Crippen molar-refractivity contribution in [2.75, 3.05) is 49.5 Å². The molecule has 0 spiro atoms. The molecule has 2 heterocycles. The van der Waals surface area contributed by atoms with Crippen LogP contribution in [0.4, 0.5) is 21.6 Å². The van der Waals surface area contributed by atoms with Crippen molar-refractivity contribution < 1.29 is 9.18 Å². The smallest absolute Gasteiger partial charge is 0.253 e. The summed E-state index contributed by atoms with van der Waals surface area (Å²) in [6.45, 7) is 4.61. The number of halogens is 2. The van der Waals surface area contributed by atoms with Gasteiger partial charge in [-0.3, -0.25) is 9.69 Å².